The normalized spacial score (nSPS) is 11.6. The smallest absolute Gasteiger partial charge is 0.157 e. The fourth-order valence-corrected chi connectivity index (χ4v) is 1.30. The van der Waals surface area contributed by atoms with E-state index in [0.717, 1.165) is 12.0 Å². The zero-order valence-corrected chi connectivity index (χ0v) is 8.62. The third-order valence-electron chi connectivity index (χ3n) is 2.28. The highest BCUT2D eigenvalue weighted by Gasteiger charge is 2.16. The first-order valence-corrected chi connectivity index (χ1v) is 4.65. The molecule has 0 aromatic heterocycles. The SMILES string of the molecule is CC(C)(CN)Cc1ccc(O)c(O)c1. The molecule has 0 heterocycles. The van der Waals surface area contributed by atoms with Crippen molar-refractivity contribution in [3.05, 3.63) is 23.8 Å². The predicted molar refractivity (Wildman–Crippen MR) is 56.3 cm³/mol. The van der Waals surface area contributed by atoms with Crippen LogP contribution in [-0.2, 0) is 6.42 Å². The summed E-state index contributed by atoms with van der Waals surface area (Å²) in [6.07, 6.45) is 0.789. The van der Waals surface area contributed by atoms with Gasteiger partial charge in [-0.2, -0.15) is 0 Å². The second kappa shape index (κ2) is 3.88. The summed E-state index contributed by atoms with van der Waals surface area (Å²) < 4.78 is 0. The molecule has 0 radical (unpaired) electrons. The van der Waals surface area contributed by atoms with Crippen molar-refractivity contribution < 1.29 is 10.2 Å². The van der Waals surface area contributed by atoms with Crippen LogP contribution in [0.2, 0.25) is 0 Å². The van der Waals surface area contributed by atoms with Crippen molar-refractivity contribution in [2.45, 2.75) is 20.3 Å². The number of hydrogen-bond acceptors (Lipinski definition) is 3. The molecule has 0 bridgehead atoms. The largest absolute Gasteiger partial charge is 0.504 e. The highest BCUT2D eigenvalue weighted by atomic mass is 16.3. The summed E-state index contributed by atoms with van der Waals surface area (Å²) in [6, 6.07) is 4.87. The number of benzene rings is 1. The molecule has 4 N–H and O–H groups in total. The van der Waals surface area contributed by atoms with Crippen molar-refractivity contribution in [3.8, 4) is 11.5 Å². The molecule has 0 atom stereocenters. The molecule has 1 aromatic carbocycles. The minimum atomic E-state index is -0.0840. The Balaban J connectivity index is 2.83. The Morgan fingerprint density at radius 2 is 1.86 bits per heavy atom. The van der Waals surface area contributed by atoms with Crippen molar-refractivity contribution in [1.82, 2.24) is 0 Å². The van der Waals surface area contributed by atoms with E-state index < -0.39 is 0 Å². The molecule has 3 nitrogen and oxygen atoms in total. The molecule has 0 saturated heterocycles. The molecule has 0 saturated carbocycles. The number of nitrogens with two attached hydrogens (primary N) is 1. The van der Waals surface area contributed by atoms with E-state index in [0.29, 0.717) is 6.54 Å². The van der Waals surface area contributed by atoms with E-state index in [1.54, 1.807) is 12.1 Å². The lowest BCUT2D eigenvalue weighted by Crippen LogP contribution is -2.25. The first kappa shape index (κ1) is 10.9. The fourth-order valence-electron chi connectivity index (χ4n) is 1.30. The van der Waals surface area contributed by atoms with Crippen LogP contribution in [0.25, 0.3) is 0 Å². The number of phenolic OH excluding ortho intramolecular Hbond substituents is 2. The molecule has 0 aliphatic carbocycles. The van der Waals surface area contributed by atoms with Gasteiger partial charge in [-0.15, -0.1) is 0 Å². The van der Waals surface area contributed by atoms with Gasteiger partial charge < -0.3 is 15.9 Å². The minimum Gasteiger partial charge on any atom is -0.504 e. The third-order valence-corrected chi connectivity index (χ3v) is 2.28. The van der Waals surface area contributed by atoms with E-state index in [-0.39, 0.29) is 16.9 Å². The van der Waals surface area contributed by atoms with Crippen molar-refractivity contribution in [2.75, 3.05) is 6.54 Å². The summed E-state index contributed by atoms with van der Waals surface area (Å²) in [7, 11) is 0. The molecule has 1 rings (SSSR count). The van der Waals surface area contributed by atoms with Gasteiger partial charge in [-0.25, -0.2) is 0 Å². The third kappa shape index (κ3) is 2.64. The highest BCUT2D eigenvalue weighted by molar-refractivity contribution is 5.40. The zero-order valence-electron chi connectivity index (χ0n) is 8.62. The first-order chi connectivity index (χ1) is 6.44. The van der Waals surface area contributed by atoms with E-state index in [2.05, 4.69) is 13.8 Å². The second-order valence-corrected chi connectivity index (χ2v) is 4.37. The van der Waals surface area contributed by atoms with E-state index in [1.807, 2.05) is 0 Å². The van der Waals surface area contributed by atoms with Gasteiger partial charge in [-0.3, -0.25) is 0 Å². The number of aromatic hydroxyl groups is 2. The summed E-state index contributed by atoms with van der Waals surface area (Å²) in [5, 5.41) is 18.4. The van der Waals surface area contributed by atoms with Gasteiger partial charge in [0, 0.05) is 0 Å². The Morgan fingerprint density at radius 3 is 2.36 bits per heavy atom. The standard InChI is InChI=1S/C11H17NO2/c1-11(2,7-12)6-8-3-4-9(13)10(14)5-8/h3-5,13-14H,6-7,12H2,1-2H3. The van der Waals surface area contributed by atoms with Crippen LogP contribution in [0.15, 0.2) is 18.2 Å². The number of rotatable bonds is 3. The van der Waals surface area contributed by atoms with Gasteiger partial charge in [0.05, 0.1) is 0 Å². The summed E-state index contributed by atoms with van der Waals surface area (Å²) in [5.74, 6) is -0.158. The summed E-state index contributed by atoms with van der Waals surface area (Å²) >= 11 is 0. The lowest BCUT2D eigenvalue weighted by Gasteiger charge is -2.22. The molecular formula is C11H17NO2. The van der Waals surface area contributed by atoms with E-state index in [1.165, 1.54) is 6.07 Å². The van der Waals surface area contributed by atoms with Gasteiger partial charge in [0.1, 0.15) is 0 Å². The van der Waals surface area contributed by atoms with Crippen LogP contribution in [0.5, 0.6) is 11.5 Å². The first-order valence-electron chi connectivity index (χ1n) is 4.65. The maximum Gasteiger partial charge on any atom is 0.157 e. The molecular weight excluding hydrogens is 178 g/mol. The van der Waals surface area contributed by atoms with E-state index in [9.17, 15) is 5.11 Å². The van der Waals surface area contributed by atoms with Gasteiger partial charge in [0.2, 0.25) is 0 Å². The summed E-state index contributed by atoms with van der Waals surface area (Å²) in [5.41, 5.74) is 6.61. The Morgan fingerprint density at radius 1 is 1.21 bits per heavy atom. The molecule has 78 valence electrons. The average molecular weight is 195 g/mol. The van der Waals surface area contributed by atoms with Crippen LogP contribution in [0, 0.1) is 5.41 Å². The molecule has 14 heavy (non-hydrogen) atoms. The monoisotopic (exact) mass is 195 g/mol. The van der Waals surface area contributed by atoms with E-state index in [4.69, 9.17) is 10.8 Å². The summed E-state index contributed by atoms with van der Waals surface area (Å²) in [4.78, 5) is 0. The zero-order chi connectivity index (χ0) is 10.8. The highest BCUT2D eigenvalue weighted by Crippen LogP contribution is 2.28. The van der Waals surface area contributed by atoms with Crippen molar-refractivity contribution in [3.63, 3.8) is 0 Å². The van der Waals surface area contributed by atoms with Crippen molar-refractivity contribution >= 4 is 0 Å². The Hall–Kier alpha value is -1.22. The Bertz CT molecular complexity index is 321. The lowest BCUT2D eigenvalue weighted by atomic mass is 9.86. The molecule has 0 amide bonds. The molecule has 0 aliphatic rings. The Kier molecular flexibility index (Phi) is 3.01. The van der Waals surface area contributed by atoms with Crippen molar-refractivity contribution in [2.24, 2.45) is 11.1 Å². The van der Waals surface area contributed by atoms with Crippen LogP contribution in [0.1, 0.15) is 19.4 Å². The molecule has 0 aliphatic heterocycles. The molecule has 0 spiro atoms. The van der Waals surface area contributed by atoms with Crippen LogP contribution in [0.4, 0.5) is 0 Å². The molecule has 0 fully saturated rings. The van der Waals surface area contributed by atoms with Crippen LogP contribution < -0.4 is 5.73 Å². The predicted octanol–water partition coefficient (Wildman–Crippen LogP) is 1.63. The van der Waals surface area contributed by atoms with Crippen LogP contribution >= 0.6 is 0 Å². The fraction of sp³-hybridized carbons (Fsp3) is 0.455. The lowest BCUT2D eigenvalue weighted by molar-refractivity contribution is 0.373. The molecule has 0 unspecified atom stereocenters. The van der Waals surface area contributed by atoms with Crippen LogP contribution in [-0.4, -0.2) is 16.8 Å². The maximum atomic E-state index is 9.29. The van der Waals surface area contributed by atoms with Crippen LogP contribution in [0.3, 0.4) is 0 Å². The second-order valence-electron chi connectivity index (χ2n) is 4.37. The summed E-state index contributed by atoms with van der Waals surface area (Å²) in [6.45, 7) is 4.72. The Labute approximate surface area is 84.2 Å². The topological polar surface area (TPSA) is 66.5 Å². The van der Waals surface area contributed by atoms with Crippen molar-refractivity contribution in [1.29, 1.82) is 0 Å². The average Bonchev–Trinajstić information content (AvgIpc) is 2.11. The number of phenols is 2. The quantitative estimate of drug-likeness (QED) is 0.642. The van der Waals surface area contributed by atoms with Gasteiger partial charge in [0.15, 0.2) is 11.5 Å². The van der Waals surface area contributed by atoms with Gasteiger partial charge >= 0.3 is 0 Å². The molecule has 1 aromatic rings. The molecule has 3 heteroatoms. The van der Waals surface area contributed by atoms with Gasteiger partial charge in [-0.05, 0) is 36.1 Å². The van der Waals surface area contributed by atoms with E-state index >= 15 is 0 Å². The minimum absolute atomic E-state index is 0.0173. The van der Waals surface area contributed by atoms with Gasteiger partial charge in [-0.1, -0.05) is 19.9 Å². The maximum absolute atomic E-state index is 9.29. The van der Waals surface area contributed by atoms with Gasteiger partial charge in [0.25, 0.3) is 0 Å². The number of hydrogen-bond donors (Lipinski definition) is 3.